The predicted molar refractivity (Wildman–Crippen MR) is 81.3 cm³/mol. The number of halogens is 1. The van der Waals surface area contributed by atoms with Gasteiger partial charge in [0.25, 0.3) is 0 Å². The fraction of sp³-hybridized carbons (Fsp3) is 0.583. The molecule has 0 saturated carbocycles. The van der Waals surface area contributed by atoms with Crippen molar-refractivity contribution in [3.05, 3.63) is 20.8 Å². The van der Waals surface area contributed by atoms with Crippen LogP contribution in [0, 0.1) is 0 Å². The van der Waals surface area contributed by atoms with E-state index in [0.29, 0.717) is 13.2 Å². The van der Waals surface area contributed by atoms with Gasteiger partial charge in [-0.3, -0.25) is 0 Å². The van der Waals surface area contributed by atoms with Gasteiger partial charge in [-0.1, -0.05) is 0 Å². The van der Waals surface area contributed by atoms with Crippen LogP contribution in [0.1, 0.15) is 18.7 Å². The van der Waals surface area contributed by atoms with E-state index < -0.39 is 0 Å². The molecule has 0 amide bonds. The molecule has 0 aliphatic rings. The van der Waals surface area contributed by atoms with Crippen molar-refractivity contribution in [1.82, 2.24) is 10.6 Å². The van der Waals surface area contributed by atoms with Crippen LogP contribution in [0.15, 0.2) is 20.9 Å². The molecular weight excluding hydrogens is 314 g/mol. The Hall–Kier alpha value is -0.590. The largest absolute Gasteiger partial charge is 0.383 e. The normalized spacial score (nSPS) is 13.4. The second-order valence-corrected chi connectivity index (χ2v) is 5.84. The summed E-state index contributed by atoms with van der Waals surface area (Å²) in [5.74, 6) is 0.826. The summed E-state index contributed by atoms with van der Waals surface area (Å²) < 4.78 is 6.21. The van der Waals surface area contributed by atoms with Gasteiger partial charge in [0, 0.05) is 34.4 Å². The van der Waals surface area contributed by atoms with Crippen molar-refractivity contribution < 1.29 is 4.74 Å². The number of nitrogens with one attached hydrogen (secondary N) is 2. The monoisotopic (exact) mass is 333 g/mol. The maximum absolute atomic E-state index is 5.10. The first-order valence-corrected chi connectivity index (χ1v) is 7.59. The van der Waals surface area contributed by atoms with Gasteiger partial charge in [0.05, 0.1) is 13.2 Å². The Labute approximate surface area is 121 Å². The van der Waals surface area contributed by atoms with Crippen LogP contribution in [0.2, 0.25) is 0 Å². The molecular formula is C12H20BrN3OS. The Kier molecular flexibility index (Phi) is 7.31. The zero-order valence-corrected chi connectivity index (χ0v) is 13.4. The zero-order chi connectivity index (χ0) is 13.4. The van der Waals surface area contributed by atoms with E-state index in [0.717, 1.165) is 17.0 Å². The van der Waals surface area contributed by atoms with Crippen LogP contribution in [-0.4, -0.2) is 32.3 Å². The van der Waals surface area contributed by atoms with Crippen molar-refractivity contribution in [2.75, 3.05) is 20.3 Å². The standard InChI is InChI=1S/C12H20BrN3OS/c1-4-14-12(16-9(2)7-17-3)15-6-11-5-10(13)8-18-11/h5,8-9H,4,6-7H2,1-3H3,(H2,14,15,16). The van der Waals surface area contributed by atoms with Gasteiger partial charge < -0.3 is 15.4 Å². The number of nitrogens with zero attached hydrogens (tertiary/aromatic N) is 1. The maximum atomic E-state index is 5.10. The van der Waals surface area contributed by atoms with Crippen molar-refractivity contribution in [1.29, 1.82) is 0 Å². The highest BCUT2D eigenvalue weighted by molar-refractivity contribution is 9.10. The summed E-state index contributed by atoms with van der Waals surface area (Å²) in [6.07, 6.45) is 0. The van der Waals surface area contributed by atoms with E-state index in [1.807, 2.05) is 0 Å². The van der Waals surface area contributed by atoms with Gasteiger partial charge in [-0.25, -0.2) is 4.99 Å². The third-order valence-corrected chi connectivity index (χ3v) is 3.84. The second-order valence-electron chi connectivity index (χ2n) is 3.93. The van der Waals surface area contributed by atoms with Crippen LogP contribution < -0.4 is 10.6 Å². The van der Waals surface area contributed by atoms with E-state index in [-0.39, 0.29) is 6.04 Å². The molecule has 4 nitrogen and oxygen atoms in total. The summed E-state index contributed by atoms with van der Waals surface area (Å²) in [5.41, 5.74) is 0. The number of aliphatic imine (C=N–C) groups is 1. The smallest absolute Gasteiger partial charge is 0.191 e. The molecule has 1 aromatic rings. The lowest BCUT2D eigenvalue weighted by molar-refractivity contribution is 0.179. The fourth-order valence-corrected chi connectivity index (χ4v) is 2.81. The van der Waals surface area contributed by atoms with Crippen molar-refractivity contribution in [3.63, 3.8) is 0 Å². The summed E-state index contributed by atoms with van der Waals surface area (Å²) in [5, 5.41) is 8.60. The first kappa shape index (κ1) is 15.5. The lowest BCUT2D eigenvalue weighted by Gasteiger charge is -2.16. The number of rotatable bonds is 6. The van der Waals surface area contributed by atoms with Crippen molar-refractivity contribution in [2.24, 2.45) is 4.99 Å². The number of ether oxygens (including phenoxy) is 1. The molecule has 0 radical (unpaired) electrons. The molecule has 1 rings (SSSR count). The van der Waals surface area contributed by atoms with Crippen molar-refractivity contribution in [2.45, 2.75) is 26.4 Å². The van der Waals surface area contributed by atoms with Crippen LogP contribution >= 0.6 is 27.3 Å². The summed E-state index contributed by atoms with van der Waals surface area (Å²) >= 11 is 5.15. The Morgan fingerprint density at radius 3 is 2.94 bits per heavy atom. The Balaban J connectivity index is 2.54. The molecule has 6 heteroatoms. The molecule has 102 valence electrons. The molecule has 1 atom stereocenters. The van der Waals surface area contributed by atoms with Gasteiger partial charge in [0.2, 0.25) is 0 Å². The van der Waals surface area contributed by atoms with Gasteiger partial charge in [-0.2, -0.15) is 0 Å². The van der Waals surface area contributed by atoms with E-state index in [4.69, 9.17) is 4.74 Å². The molecule has 2 N–H and O–H groups in total. The quantitative estimate of drug-likeness (QED) is 0.621. The minimum Gasteiger partial charge on any atom is -0.383 e. The molecule has 0 aliphatic carbocycles. The summed E-state index contributed by atoms with van der Waals surface area (Å²) in [6, 6.07) is 2.33. The van der Waals surface area contributed by atoms with Crippen LogP contribution in [-0.2, 0) is 11.3 Å². The third kappa shape index (κ3) is 5.84. The minimum absolute atomic E-state index is 0.239. The molecule has 1 aromatic heterocycles. The molecule has 1 unspecified atom stereocenters. The van der Waals surface area contributed by atoms with Gasteiger partial charge in [0.1, 0.15) is 0 Å². The number of thiophene rings is 1. The maximum Gasteiger partial charge on any atom is 0.191 e. The highest BCUT2D eigenvalue weighted by Gasteiger charge is 2.04. The average molecular weight is 334 g/mol. The molecule has 0 aromatic carbocycles. The Morgan fingerprint density at radius 1 is 1.61 bits per heavy atom. The Morgan fingerprint density at radius 2 is 2.39 bits per heavy atom. The molecule has 18 heavy (non-hydrogen) atoms. The van der Waals surface area contributed by atoms with E-state index in [1.165, 1.54) is 4.88 Å². The van der Waals surface area contributed by atoms with Gasteiger partial charge in [-0.05, 0) is 35.8 Å². The van der Waals surface area contributed by atoms with Crippen LogP contribution in [0.4, 0.5) is 0 Å². The lowest BCUT2D eigenvalue weighted by Crippen LogP contribution is -2.43. The lowest BCUT2D eigenvalue weighted by atomic mass is 10.4. The number of guanidine groups is 1. The van der Waals surface area contributed by atoms with Crippen molar-refractivity contribution >= 4 is 33.2 Å². The van der Waals surface area contributed by atoms with Crippen LogP contribution in [0.5, 0.6) is 0 Å². The first-order chi connectivity index (χ1) is 8.65. The fourth-order valence-electron chi connectivity index (χ4n) is 1.44. The van der Waals surface area contributed by atoms with Gasteiger partial charge in [0.15, 0.2) is 5.96 Å². The molecule has 0 saturated heterocycles. The number of hydrogen-bond donors (Lipinski definition) is 2. The van der Waals surface area contributed by atoms with Crippen LogP contribution in [0.25, 0.3) is 0 Å². The number of hydrogen-bond acceptors (Lipinski definition) is 3. The molecule has 0 aliphatic heterocycles. The first-order valence-electron chi connectivity index (χ1n) is 5.92. The summed E-state index contributed by atoms with van der Waals surface area (Å²) in [4.78, 5) is 5.78. The minimum atomic E-state index is 0.239. The van der Waals surface area contributed by atoms with E-state index in [2.05, 4.69) is 56.8 Å². The second kappa shape index (κ2) is 8.50. The topological polar surface area (TPSA) is 45.7 Å². The van der Waals surface area contributed by atoms with E-state index in [9.17, 15) is 0 Å². The predicted octanol–water partition coefficient (Wildman–Crippen LogP) is 2.60. The molecule has 0 fully saturated rings. The molecule has 0 bridgehead atoms. The van der Waals surface area contributed by atoms with Crippen molar-refractivity contribution in [3.8, 4) is 0 Å². The average Bonchev–Trinajstić information content (AvgIpc) is 2.73. The molecule has 0 spiro atoms. The Bertz CT molecular complexity index is 381. The van der Waals surface area contributed by atoms with E-state index in [1.54, 1.807) is 18.4 Å². The molecule has 1 heterocycles. The zero-order valence-electron chi connectivity index (χ0n) is 11.0. The number of methoxy groups -OCH3 is 1. The SMILES string of the molecule is CCNC(=NCc1cc(Br)cs1)NC(C)COC. The summed E-state index contributed by atoms with van der Waals surface area (Å²) in [7, 11) is 1.70. The summed E-state index contributed by atoms with van der Waals surface area (Å²) in [6.45, 7) is 6.32. The highest BCUT2D eigenvalue weighted by Crippen LogP contribution is 2.20. The van der Waals surface area contributed by atoms with Crippen LogP contribution in [0.3, 0.4) is 0 Å². The third-order valence-electron chi connectivity index (χ3n) is 2.16. The van der Waals surface area contributed by atoms with Gasteiger partial charge in [-0.15, -0.1) is 11.3 Å². The van der Waals surface area contributed by atoms with E-state index >= 15 is 0 Å². The highest BCUT2D eigenvalue weighted by atomic mass is 79.9. The van der Waals surface area contributed by atoms with Gasteiger partial charge >= 0.3 is 0 Å².